The summed E-state index contributed by atoms with van der Waals surface area (Å²) in [4.78, 5) is 12.8. The first-order valence-electron chi connectivity index (χ1n) is 8.18. The van der Waals surface area contributed by atoms with Crippen LogP contribution in [0.4, 0.5) is 10.3 Å². The number of anilines is 1. The van der Waals surface area contributed by atoms with Crippen LogP contribution in [0.1, 0.15) is 24.0 Å². The van der Waals surface area contributed by atoms with Crippen LogP contribution in [-0.4, -0.2) is 41.0 Å². The highest BCUT2D eigenvalue weighted by Gasteiger charge is 2.24. The van der Waals surface area contributed by atoms with Crippen molar-refractivity contribution in [1.29, 1.82) is 5.26 Å². The normalized spacial score (nSPS) is 15.8. The predicted molar refractivity (Wildman–Crippen MR) is 94.9 cm³/mol. The molecule has 0 atom stereocenters. The third-order valence-corrected chi connectivity index (χ3v) is 4.80. The molecular formula is C18H19ClFN5. The summed E-state index contributed by atoms with van der Waals surface area (Å²) in [5.74, 6) is 0.355. The van der Waals surface area contributed by atoms with Gasteiger partial charge in [-0.25, -0.2) is 14.4 Å². The van der Waals surface area contributed by atoms with Gasteiger partial charge in [0.15, 0.2) is 0 Å². The summed E-state index contributed by atoms with van der Waals surface area (Å²) in [6.45, 7) is 2.31. The van der Waals surface area contributed by atoms with E-state index < -0.39 is 0 Å². The van der Waals surface area contributed by atoms with Gasteiger partial charge >= 0.3 is 0 Å². The summed E-state index contributed by atoms with van der Waals surface area (Å²) < 4.78 is 14.0. The maximum absolute atomic E-state index is 14.0. The van der Waals surface area contributed by atoms with Crippen molar-refractivity contribution in [3.05, 3.63) is 52.6 Å². The molecule has 7 heteroatoms. The van der Waals surface area contributed by atoms with E-state index in [1.165, 1.54) is 6.07 Å². The van der Waals surface area contributed by atoms with E-state index in [4.69, 9.17) is 16.9 Å². The molecule has 1 fully saturated rings. The second kappa shape index (κ2) is 7.77. The van der Waals surface area contributed by atoms with Crippen molar-refractivity contribution in [2.45, 2.75) is 25.4 Å². The molecule has 3 rings (SSSR count). The molecule has 0 amide bonds. The molecule has 2 aromatic rings. The SMILES string of the molecule is CN(c1ncc(Cl)cn1)C1CCN(Cc2ccc(C#N)cc2F)CC1. The van der Waals surface area contributed by atoms with Gasteiger partial charge in [0.05, 0.1) is 29.0 Å². The lowest BCUT2D eigenvalue weighted by molar-refractivity contribution is 0.200. The highest BCUT2D eigenvalue weighted by atomic mass is 35.5. The molecule has 1 aromatic heterocycles. The van der Waals surface area contributed by atoms with Gasteiger partial charge in [0.1, 0.15) is 5.82 Å². The van der Waals surface area contributed by atoms with Crippen molar-refractivity contribution in [3.63, 3.8) is 0 Å². The van der Waals surface area contributed by atoms with Crippen molar-refractivity contribution in [3.8, 4) is 6.07 Å². The van der Waals surface area contributed by atoms with Crippen LogP contribution >= 0.6 is 11.6 Å². The number of likely N-dealkylation sites (tertiary alicyclic amines) is 1. The van der Waals surface area contributed by atoms with Crippen LogP contribution in [-0.2, 0) is 6.54 Å². The van der Waals surface area contributed by atoms with E-state index in [2.05, 4.69) is 19.8 Å². The van der Waals surface area contributed by atoms with Crippen molar-refractivity contribution < 1.29 is 4.39 Å². The highest BCUT2D eigenvalue weighted by Crippen LogP contribution is 2.22. The number of hydrogen-bond donors (Lipinski definition) is 0. The lowest BCUT2D eigenvalue weighted by atomic mass is 10.0. The summed E-state index contributed by atoms with van der Waals surface area (Å²) in [5, 5.41) is 9.34. The van der Waals surface area contributed by atoms with Gasteiger partial charge in [0, 0.05) is 38.3 Å². The maximum atomic E-state index is 14.0. The molecule has 0 spiro atoms. The van der Waals surface area contributed by atoms with Gasteiger partial charge in [0.25, 0.3) is 0 Å². The molecule has 25 heavy (non-hydrogen) atoms. The molecule has 1 aliphatic heterocycles. The van der Waals surface area contributed by atoms with E-state index >= 15 is 0 Å². The van der Waals surface area contributed by atoms with E-state index in [-0.39, 0.29) is 5.82 Å². The molecule has 0 unspecified atom stereocenters. The molecule has 1 aliphatic rings. The second-order valence-corrected chi connectivity index (χ2v) is 6.67. The van der Waals surface area contributed by atoms with Crippen LogP contribution in [0.2, 0.25) is 5.02 Å². The van der Waals surface area contributed by atoms with Gasteiger partial charge in [-0.1, -0.05) is 17.7 Å². The minimum atomic E-state index is -0.312. The first-order chi connectivity index (χ1) is 12.1. The smallest absolute Gasteiger partial charge is 0.225 e. The fraction of sp³-hybridized carbons (Fsp3) is 0.389. The number of hydrogen-bond acceptors (Lipinski definition) is 5. The van der Waals surface area contributed by atoms with Crippen LogP contribution in [0.3, 0.4) is 0 Å². The van der Waals surface area contributed by atoms with E-state index in [0.717, 1.165) is 25.9 Å². The Labute approximate surface area is 151 Å². The van der Waals surface area contributed by atoms with Crippen molar-refractivity contribution in [1.82, 2.24) is 14.9 Å². The van der Waals surface area contributed by atoms with Crippen molar-refractivity contribution in [2.24, 2.45) is 0 Å². The number of rotatable bonds is 4. The molecule has 0 N–H and O–H groups in total. The molecule has 1 aromatic carbocycles. The number of nitrogens with zero attached hydrogens (tertiary/aromatic N) is 5. The molecule has 5 nitrogen and oxygen atoms in total. The van der Waals surface area contributed by atoms with Gasteiger partial charge in [-0.2, -0.15) is 5.26 Å². The third kappa shape index (κ3) is 4.25. The van der Waals surface area contributed by atoms with Gasteiger partial charge < -0.3 is 4.90 Å². The monoisotopic (exact) mass is 359 g/mol. The topological polar surface area (TPSA) is 56.1 Å². The molecule has 2 heterocycles. The molecule has 0 bridgehead atoms. The third-order valence-electron chi connectivity index (χ3n) is 4.60. The Hall–Kier alpha value is -2.23. The average Bonchev–Trinajstić information content (AvgIpc) is 2.64. The number of halogens is 2. The Bertz CT molecular complexity index is 766. The number of aromatic nitrogens is 2. The Morgan fingerprint density at radius 2 is 2.00 bits per heavy atom. The zero-order valence-corrected chi connectivity index (χ0v) is 14.7. The first kappa shape index (κ1) is 17.6. The summed E-state index contributed by atoms with van der Waals surface area (Å²) >= 11 is 5.83. The molecule has 0 saturated carbocycles. The van der Waals surface area contributed by atoms with Gasteiger partial charge in [-0.05, 0) is 25.0 Å². The van der Waals surface area contributed by atoms with E-state index in [1.807, 2.05) is 13.1 Å². The number of piperidine rings is 1. The summed E-state index contributed by atoms with van der Waals surface area (Å²) in [5.41, 5.74) is 0.983. The highest BCUT2D eigenvalue weighted by molar-refractivity contribution is 6.30. The Morgan fingerprint density at radius 1 is 1.32 bits per heavy atom. The molecule has 130 valence electrons. The predicted octanol–water partition coefficient (Wildman–Crippen LogP) is 3.24. The van der Waals surface area contributed by atoms with Crippen LogP contribution in [0.25, 0.3) is 0 Å². The van der Waals surface area contributed by atoms with Crippen LogP contribution in [0.15, 0.2) is 30.6 Å². The van der Waals surface area contributed by atoms with Crippen LogP contribution in [0.5, 0.6) is 0 Å². The van der Waals surface area contributed by atoms with Crippen LogP contribution in [0, 0.1) is 17.1 Å². The van der Waals surface area contributed by atoms with E-state index in [9.17, 15) is 4.39 Å². The minimum Gasteiger partial charge on any atom is -0.341 e. The second-order valence-electron chi connectivity index (χ2n) is 6.24. The Kier molecular flexibility index (Phi) is 5.47. The summed E-state index contributed by atoms with van der Waals surface area (Å²) in [7, 11) is 1.99. The Morgan fingerprint density at radius 3 is 2.60 bits per heavy atom. The van der Waals surface area contributed by atoms with E-state index in [0.29, 0.717) is 34.7 Å². The number of nitriles is 1. The lowest BCUT2D eigenvalue weighted by Crippen LogP contribution is -2.43. The molecule has 0 aliphatic carbocycles. The first-order valence-corrected chi connectivity index (χ1v) is 8.56. The summed E-state index contributed by atoms with van der Waals surface area (Å²) in [6.07, 6.45) is 5.12. The maximum Gasteiger partial charge on any atom is 0.225 e. The fourth-order valence-electron chi connectivity index (χ4n) is 3.10. The quantitative estimate of drug-likeness (QED) is 0.838. The number of benzene rings is 1. The zero-order chi connectivity index (χ0) is 17.8. The molecule has 1 saturated heterocycles. The Balaban J connectivity index is 1.57. The lowest BCUT2D eigenvalue weighted by Gasteiger charge is -2.36. The van der Waals surface area contributed by atoms with Crippen molar-refractivity contribution >= 4 is 17.5 Å². The zero-order valence-electron chi connectivity index (χ0n) is 14.0. The minimum absolute atomic E-state index is 0.312. The van der Waals surface area contributed by atoms with Gasteiger partial charge in [-0.15, -0.1) is 0 Å². The largest absolute Gasteiger partial charge is 0.341 e. The molecule has 0 radical (unpaired) electrons. The fourth-order valence-corrected chi connectivity index (χ4v) is 3.20. The van der Waals surface area contributed by atoms with Gasteiger partial charge in [0.2, 0.25) is 5.95 Å². The standard InChI is InChI=1S/C18H19ClFN5/c1-24(18-22-10-15(19)11-23-18)16-4-6-25(7-5-16)12-14-3-2-13(9-21)8-17(14)20/h2-3,8,10-11,16H,4-7,12H2,1H3. The van der Waals surface area contributed by atoms with Crippen molar-refractivity contribution in [2.75, 3.05) is 25.0 Å². The van der Waals surface area contributed by atoms with E-state index in [1.54, 1.807) is 24.5 Å². The summed E-state index contributed by atoms with van der Waals surface area (Å²) in [6, 6.07) is 6.97. The van der Waals surface area contributed by atoms with Crippen LogP contribution < -0.4 is 4.90 Å². The molecular weight excluding hydrogens is 341 g/mol. The average molecular weight is 360 g/mol. The van der Waals surface area contributed by atoms with Gasteiger partial charge in [-0.3, -0.25) is 4.90 Å².